The lowest BCUT2D eigenvalue weighted by Gasteiger charge is -2.32. The largest absolute Gasteiger partial charge is 0.455 e. The number of benzene rings is 8. The molecule has 2 atom stereocenters. The van der Waals surface area contributed by atoms with Gasteiger partial charge in [-0.05, 0) is 92.4 Å². The molecule has 0 fully saturated rings. The number of hydrogen-bond acceptors (Lipinski definition) is 2. The van der Waals surface area contributed by atoms with Gasteiger partial charge in [0.25, 0.3) is 0 Å². The molecule has 0 saturated carbocycles. The second-order valence-corrected chi connectivity index (χ2v) is 14.2. The van der Waals surface area contributed by atoms with E-state index >= 15 is 0 Å². The fourth-order valence-corrected chi connectivity index (χ4v) is 8.26. The molecule has 10 rings (SSSR count). The Morgan fingerprint density at radius 1 is 0.491 bits per heavy atom. The van der Waals surface area contributed by atoms with Gasteiger partial charge in [0.05, 0.1) is 0 Å². The minimum atomic E-state index is 0.249. The minimum absolute atomic E-state index is 0.249. The van der Waals surface area contributed by atoms with Crippen LogP contribution in [-0.4, -0.2) is 0 Å². The van der Waals surface area contributed by atoms with Crippen molar-refractivity contribution >= 4 is 54.9 Å². The van der Waals surface area contributed by atoms with Gasteiger partial charge >= 0.3 is 0 Å². The molecular formula is C51H37NO. The van der Waals surface area contributed by atoms with Crippen LogP contribution in [0.25, 0.3) is 65.7 Å². The Kier molecular flexibility index (Phi) is 7.54. The van der Waals surface area contributed by atoms with E-state index < -0.39 is 0 Å². The Labute approximate surface area is 309 Å². The summed E-state index contributed by atoms with van der Waals surface area (Å²) in [6.45, 7) is 2.34. The van der Waals surface area contributed by atoms with Gasteiger partial charge in [-0.1, -0.05) is 159 Å². The van der Waals surface area contributed by atoms with Crippen molar-refractivity contribution in [3.8, 4) is 22.3 Å². The Hall–Kier alpha value is -6.64. The molecule has 0 aliphatic heterocycles. The molecule has 0 spiro atoms. The van der Waals surface area contributed by atoms with Gasteiger partial charge in [-0.15, -0.1) is 0 Å². The lowest BCUT2D eigenvalue weighted by Crippen LogP contribution is -2.20. The predicted molar refractivity (Wildman–Crippen MR) is 224 cm³/mol. The van der Waals surface area contributed by atoms with Crippen LogP contribution >= 0.6 is 0 Å². The van der Waals surface area contributed by atoms with E-state index in [-0.39, 0.29) is 11.8 Å². The van der Waals surface area contributed by atoms with E-state index in [0.717, 1.165) is 27.9 Å². The average molecular weight is 680 g/mol. The lowest BCUT2D eigenvalue weighted by molar-refractivity contribution is 0.629. The lowest BCUT2D eigenvalue weighted by atomic mass is 9.82. The topological polar surface area (TPSA) is 16.4 Å². The molecule has 0 N–H and O–H groups in total. The van der Waals surface area contributed by atoms with Crippen molar-refractivity contribution in [2.24, 2.45) is 5.92 Å². The Balaban J connectivity index is 1.02. The summed E-state index contributed by atoms with van der Waals surface area (Å²) in [4.78, 5) is 2.40. The van der Waals surface area contributed by atoms with Gasteiger partial charge in [-0.25, -0.2) is 0 Å². The second-order valence-electron chi connectivity index (χ2n) is 14.2. The number of nitrogens with zero attached hydrogens (tertiary/aromatic N) is 1. The first-order chi connectivity index (χ1) is 26.2. The number of anilines is 2. The van der Waals surface area contributed by atoms with E-state index in [0.29, 0.717) is 0 Å². The number of allylic oxidation sites excluding steroid dienone is 3. The molecule has 2 heteroatoms. The zero-order chi connectivity index (χ0) is 35.3. The minimum Gasteiger partial charge on any atom is -0.455 e. The molecule has 53 heavy (non-hydrogen) atoms. The molecular weight excluding hydrogens is 643 g/mol. The van der Waals surface area contributed by atoms with E-state index in [2.05, 4.69) is 200 Å². The highest BCUT2D eigenvalue weighted by atomic mass is 16.3. The maximum absolute atomic E-state index is 6.48. The highest BCUT2D eigenvalue weighted by molar-refractivity contribution is 6.23. The van der Waals surface area contributed by atoms with Crippen LogP contribution in [0.2, 0.25) is 0 Å². The summed E-state index contributed by atoms with van der Waals surface area (Å²) in [5, 5.41) is 7.17. The summed E-state index contributed by atoms with van der Waals surface area (Å²) in [6.07, 6.45) is 7.15. The van der Waals surface area contributed by atoms with Crippen LogP contribution in [-0.2, 0) is 0 Å². The van der Waals surface area contributed by atoms with Gasteiger partial charge in [0.2, 0.25) is 0 Å². The number of hydrogen-bond donors (Lipinski definition) is 0. The molecule has 1 heterocycles. The van der Waals surface area contributed by atoms with E-state index in [1.54, 1.807) is 0 Å². The van der Waals surface area contributed by atoms with Crippen molar-refractivity contribution in [3.63, 3.8) is 0 Å². The highest BCUT2D eigenvalue weighted by Gasteiger charge is 2.24. The maximum atomic E-state index is 6.48. The third-order valence-electron chi connectivity index (χ3n) is 10.9. The first-order valence-electron chi connectivity index (χ1n) is 18.5. The van der Waals surface area contributed by atoms with Gasteiger partial charge in [0.1, 0.15) is 11.2 Å². The van der Waals surface area contributed by atoms with Gasteiger partial charge < -0.3 is 9.32 Å². The molecule has 9 aromatic rings. The number of para-hydroxylation sites is 1. The van der Waals surface area contributed by atoms with Gasteiger partial charge in [-0.2, -0.15) is 0 Å². The standard InChI is InChI=1S/C51H37NO/c1-34-31-44(52(42-25-21-37(22-26-42)35-11-4-2-5-12-35)43-16-10-15-39(33-43)36-13-6-3-7-14-36)27-30-45(34)40-24-28-46-41(32-40)20-19-38-23-29-48-47-17-8-9-18-49(47)53-51(48)50(38)46/h2-34,45H,1H3. The van der Waals surface area contributed by atoms with Crippen molar-refractivity contribution in [2.75, 3.05) is 4.90 Å². The highest BCUT2D eigenvalue weighted by Crippen LogP contribution is 2.42. The quantitative estimate of drug-likeness (QED) is 0.163. The monoisotopic (exact) mass is 679 g/mol. The fourth-order valence-electron chi connectivity index (χ4n) is 8.26. The Bertz CT molecular complexity index is 2840. The number of fused-ring (bicyclic) bond motifs is 7. The fraction of sp³-hybridized carbons (Fsp3) is 0.0588. The van der Waals surface area contributed by atoms with Crippen molar-refractivity contribution < 1.29 is 4.42 Å². The molecule has 1 aliphatic carbocycles. The first-order valence-corrected chi connectivity index (χ1v) is 18.5. The molecule has 1 aromatic heterocycles. The van der Waals surface area contributed by atoms with Crippen LogP contribution in [0.1, 0.15) is 18.4 Å². The molecule has 0 saturated heterocycles. The van der Waals surface area contributed by atoms with Crippen molar-refractivity contribution in [3.05, 3.63) is 205 Å². The summed E-state index contributed by atoms with van der Waals surface area (Å²) in [5.74, 6) is 0.525. The second kappa shape index (κ2) is 12.8. The summed E-state index contributed by atoms with van der Waals surface area (Å²) >= 11 is 0. The average Bonchev–Trinajstić information content (AvgIpc) is 3.61. The summed E-state index contributed by atoms with van der Waals surface area (Å²) in [5.41, 5.74) is 11.5. The number of furan rings is 1. The van der Waals surface area contributed by atoms with E-state index in [1.165, 1.54) is 60.4 Å². The van der Waals surface area contributed by atoms with Crippen LogP contribution in [0, 0.1) is 5.92 Å². The van der Waals surface area contributed by atoms with Gasteiger partial charge in [0.15, 0.2) is 0 Å². The first kappa shape index (κ1) is 31.1. The zero-order valence-corrected chi connectivity index (χ0v) is 29.5. The molecule has 8 aromatic carbocycles. The van der Waals surface area contributed by atoms with E-state index in [4.69, 9.17) is 4.42 Å². The molecule has 2 unspecified atom stereocenters. The summed E-state index contributed by atoms with van der Waals surface area (Å²) in [7, 11) is 0. The smallest absolute Gasteiger partial charge is 0.143 e. The van der Waals surface area contributed by atoms with Crippen LogP contribution in [0.5, 0.6) is 0 Å². The number of rotatable bonds is 6. The molecule has 2 nitrogen and oxygen atoms in total. The van der Waals surface area contributed by atoms with Crippen LogP contribution < -0.4 is 4.90 Å². The van der Waals surface area contributed by atoms with Crippen molar-refractivity contribution in [1.82, 2.24) is 0 Å². The third-order valence-corrected chi connectivity index (χ3v) is 10.9. The van der Waals surface area contributed by atoms with Gasteiger partial charge in [0, 0.05) is 39.1 Å². The van der Waals surface area contributed by atoms with Crippen molar-refractivity contribution in [2.45, 2.75) is 12.8 Å². The summed E-state index contributed by atoms with van der Waals surface area (Å²) in [6, 6.07) is 63.3. The van der Waals surface area contributed by atoms with Crippen LogP contribution in [0.4, 0.5) is 11.4 Å². The molecule has 1 aliphatic rings. The Morgan fingerprint density at radius 3 is 1.94 bits per heavy atom. The molecule has 0 radical (unpaired) electrons. The molecule has 0 amide bonds. The Morgan fingerprint density at radius 2 is 1.15 bits per heavy atom. The summed E-state index contributed by atoms with van der Waals surface area (Å²) < 4.78 is 6.48. The maximum Gasteiger partial charge on any atom is 0.143 e. The predicted octanol–water partition coefficient (Wildman–Crippen LogP) is 14.2. The normalized spacial score (nSPS) is 15.7. The molecule has 252 valence electrons. The third kappa shape index (κ3) is 5.51. The van der Waals surface area contributed by atoms with Crippen LogP contribution in [0.3, 0.4) is 0 Å². The molecule has 0 bridgehead atoms. The zero-order valence-electron chi connectivity index (χ0n) is 29.5. The van der Waals surface area contributed by atoms with Gasteiger partial charge in [-0.3, -0.25) is 0 Å². The van der Waals surface area contributed by atoms with Crippen molar-refractivity contribution in [1.29, 1.82) is 0 Å². The van der Waals surface area contributed by atoms with E-state index in [1.807, 2.05) is 6.07 Å². The van der Waals surface area contributed by atoms with E-state index in [9.17, 15) is 0 Å². The SMILES string of the molecule is CC1C=C(N(c2ccc(-c3ccccc3)cc2)c2cccc(-c3ccccc3)c2)C=CC1c1ccc2c(ccc3ccc4c5ccccc5oc4c32)c1. The van der Waals surface area contributed by atoms with Crippen LogP contribution in [0.15, 0.2) is 204 Å².